The zero-order valence-corrected chi connectivity index (χ0v) is 4.89. The quantitative estimate of drug-likeness (QED) is 0.459. The number of ether oxygens (including phenoxy) is 1. The van der Waals surface area contributed by atoms with Crippen LogP contribution in [0.4, 0.5) is 4.79 Å². The first kappa shape index (κ1) is 5.41. The Morgan fingerprint density at radius 1 is 1.75 bits per heavy atom. The minimum absolute atomic E-state index is 0.198. The molecule has 0 radical (unpaired) electrons. The number of carbonyl (C=O) groups excluding carboxylic acids is 1. The fourth-order valence-electron chi connectivity index (χ4n) is 0.663. The molecular formula is C5H9NO2. The first-order chi connectivity index (χ1) is 3.80. The Labute approximate surface area is 48.2 Å². The molecule has 0 aliphatic carbocycles. The van der Waals surface area contributed by atoms with E-state index in [1.54, 1.807) is 11.9 Å². The van der Waals surface area contributed by atoms with Crippen molar-refractivity contribution < 1.29 is 9.53 Å². The molecule has 0 bridgehead atoms. The Kier molecular flexibility index (Phi) is 1.37. The van der Waals surface area contributed by atoms with Crippen LogP contribution in [0, 0.1) is 0 Å². The molecule has 0 aromatic heterocycles. The molecule has 1 aliphatic heterocycles. The highest BCUT2D eigenvalue weighted by atomic mass is 16.6. The van der Waals surface area contributed by atoms with Crippen molar-refractivity contribution in [1.29, 1.82) is 0 Å². The normalized spacial score (nSPS) is 20.6. The lowest BCUT2D eigenvalue weighted by Crippen LogP contribution is -2.33. The van der Waals surface area contributed by atoms with Crippen LogP contribution in [0.25, 0.3) is 0 Å². The molecule has 1 rings (SSSR count). The van der Waals surface area contributed by atoms with Gasteiger partial charge in [-0.05, 0) is 6.42 Å². The third kappa shape index (κ3) is 0.911. The van der Waals surface area contributed by atoms with Gasteiger partial charge in [0.25, 0.3) is 0 Å². The number of hydrogen-bond acceptors (Lipinski definition) is 2. The second kappa shape index (κ2) is 2.03. The van der Waals surface area contributed by atoms with Crippen LogP contribution < -0.4 is 0 Å². The maximum absolute atomic E-state index is 10.5. The van der Waals surface area contributed by atoms with Crippen LogP contribution in [0.2, 0.25) is 0 Å². The van der Waals surface area contributed by atoms with Crippen molar-refractivity contribution in [2.45, 2.75) is 6.42 Å². The zero-order chi connectivity index (χ0) is 5.98. The van der Waals surface area contributed by atoms with E-state index in [0.29, 0.717) is 6.61 Å². The Morgan fingerprint density at radius 3 is 2.88 bits per heavy atom. The predicted octanol–water partition coefficient (Wildman–Crippen LogP) is 0.458. The second-order valence-corrected chi connectivity index (χ2v) is 1.89. The molecule has 0 aromatic carbocycles. The van der Waals surface area contributed by atoms with Gasteiger partial charge < -0.3 is 9.64 Å². The van der Waals surface area contributed by atoms with Crippen molar-refractivity contribution in [3.63, 3.8) is 0 Å². The average Bonchev–Trinajstić information content (AvgIpc) is 1.77. The standard InChI is InChI=1S/C5H9NO2/c1-6-3-2-4-8-5(6)7/h2-4H2,1H3. The largest absolute Gasteiger partial charge is 0.449 e. The molecule has 0 saturated carbocycles. The second-order valence-electron chi connectivity index (χ2n) is 1.89. The molecule has 0 N–H and O–H groups in total. The summed E-state index contributed by atoms with van der Waals surface area (Å²) in [5.74, 6) is 0. The summed E-state index contributed by atoms with van der Waals surface area (Å²) in [7, 11) is 1.74. The van der Waals surface area contributed by atoms with Crippen molar-refractivity contribution in [2.75, 3.05) is 20.2 Å². The topological polar surface area (TPSA) is 29.5 Å². The van der Waals surface area contributed by atoms with Gasteiger partial charge in [-0.3, -0.25) is 0 Å². The molecule has 0 unspecified atom stereocenters. The Hall–Kier alpha value is -0.730. The number of carbonyl (C=O) groups is 1. The predicted molar refractivity (Wildman–Crippen MR) is 28.6 cm³/mol. The van der Waals surface area contributed by atoms with E-state index in [1.165, 1.54) is 0 Å². The maximum Gasteiger partial charge on any atom is 0.409 e. The molecular weight excluding hydrogens is 106 g/mol. The average molecular weight is 115 g/mol. The number of hydrogen-bond donors (Lipinski definition) is 0. The van der Waals surface area contributed by atoms with Crippen molar-refractivity contribution in [2.24, 2.45) is 0 Å². The molecule has 0 spiro atoms. The third-order valence-electron chi connectivity index (χ3n) is 1.18. The van der Waals surface area contributed by atoms with E-state index in [-0.39, 0.29) is 6.09 Å². The molecule has 0 atom stereocenters. The highest BCUT2D eigenvalue weighted by Crippen LogP contribution is 1.99. The SMILES string of the molecule is CN1CCCOC1=O. The molecule has 1 amide bonds. The first-order valence-corrected chi connectivity index (χ1v) is 2.68. The smallest absolute Gasteiger partial charge is 0.409 e. The molecule has 3 nitrogen and oxygen atoms in total. The zero-order valence-electron chi connectivity index (χ0n) is 4.89. The first-order valence-electron chi connectivity index (χ1n) is 2.68. The summed E-state index contributed by atoms with van der Waals surface area (Å²) in [6, 6.07) is 0. The van der Waals surface area contributed by atoms with E-state index in [1.807, 2.05) is 0 Å². The molecule has 3 heteroatoms. The molecule has 8 heavy (non-hydrogen) atoms. The summed E-state index contributed by atoms with van der Waals surface area (Å²) in [4.78, 5) is 12.1. The van der Waals surface area contributed by atoms with Gasteiger partial charge in [-0.1, -0.05) is 0 Å². The van der Waals surface area contributed by atoms with Crippen LogP contribution in [0.5, 0.6) is 0 Å². The van der Waals surface area contributed by atoms with E-state index in [4.69, 9.17) is 0 Å². The van der Waals surface area contributed by atoms with Crippen LogP contribution in [0.1, 0.15) is 6.42 Å². The van der Waals surface area contributed by atoms with E-state index in [2.05, 4.69) is 4.74 Å². The maximum atomic E-state index is 10.5. The molecule has 1 heterocycles. The van der Waals surface area contributed by atoms with Crippen LogP contribution in [0.3, 0.4) is 0 Å². The minimum atomic E-state index is -0.198. The van der Waals surface area contributed by atoms with Gasteiger partial charge in [0.1, 0.15) is 0 Å². The van der Waals surface area contributed by atoms with Gasteiger partial charge in [0, 0.05) is 13.6 Å². The molecule has 1 aliphatic rings. The number of rotatable bonds is 0. The van der Waals surface area contributed by atoms with E-state index in [9.17, 15) is 4.79 Å². The molecule has 1 fully saturated rings. The summed E-state index contributed by atoms with van der Waals surface area (Å²) in [5, 5.41) is 0. The van der Waals surface area contributed by atoms with Crippen molar-refractivity contribution in [1.82, 2.24) is 4.90 Å². The number of nitrogens with zero attached hydrogens (tertiary/aromatic N) is 1. The minimum Gasteiger partial charge on any atom is -0.449 e. The summed E-state index contributed by atoms with van der Waals surface area (Å²) >= 11 is 0. The summed E-state index contributed by atoms with van der Waals surface area (Å²) in [6.45, 7) is 1.42. The van der Waals surface area contributed by atoms with Gasteiger partial charge in [0.15, 0.2) is 0 Å². The Bertz CT molecular complexity index is 103. The summed E-state index contributed by atoms with van der Waals surface area (Å²) in [5.41, 5.74) is 0. The van der Waals surface area contributed by atoms with Crippen molar-refractivity contribution >= 4 is 6.09 Å². The van der Waals surface area contributed by atoms with Crippen LogP contribution in [-0.2, 0) is 4.74 Å². The Morgan fingerprint density at radius 2 is 2.50 bits per heavy atom. The van der Waals surface area contributed by atoms with Crippen LogP contribution in [0.15, 0.2) is 0 Å². The van der Waals surface area contributed by atoms with Gasteiger partial charge in [-0.15, -0.1) is 0 Å². The Balaban J connectivity index is 2.39. The lowest BCUT2D eigenvalue weighted by molar-refractivity contribution is 0.0831. The summed E-state index contributed by atoms with van der Waals surface area (Å²) in [6.07, 6.45) is 0.763. The number of cyclic esters (lactones) is 1. The van der Waals surface area contributed by atoms with Gasteiger partial charge in [0.2, 0.25) is 0 Å². The summed E-state index contributed by atoms with van der Waals surface area (Å²) < 4.78 is 4.68. The molecule has 46 valence electrons. The van der Waals surface area contributed by atoms with Gasteiger partial charge in [-0.2, -0.15) is 0 Å². The molecule has 1 saturated heterocycles. The lowest BCUT2D eigenvalue weighted by Gasteiger charge is -2.21. The number of amides is 1. The monoisotopic (exact) mass is 115 g/mol. The highest BCUT2D eigenvalue weighted by molar-refractivity contribution is 5.67. The van der Waals surface area contributed by atoms with Crippen LogP contribution in [-0.4, -0.2) is 31.2 Å². The fraction of sp³-hybridized carbons (Fsp3) is 0.800. The highest BCUT2D eigenvalue weighted by Gasteiger charge is 2.13. The van der Waals surface area contributed by atoms with Crippen molar-refractivity contribution in [3.8, 4) is 0 Å². The molecule has 0 aromatic rings. The van der Waals surface area contributed by atoms with Gasteiger partial charge >= 0.3 is 6.09 Å². The lowest BCUT2D eigenvalue weighted by atomic mass is 10.4. The van der Waals surface area contributed by atoms with E-state index < -0.39 is 0 Å². The third-order valence-corrected chi connectivity index (χ3v) is 1.18. The van der Waals surface area contributed by atoms with Gasteiger partial charge in [0.05, 0.1) is 6.61 Å². The van der Waals surface area contributed by atoms with E-state index >= 15 is 0 Å². The fourth-order valence-corrected chi connectivity index (χ4v) is 0.663. The van der Waals surface area contributed by atoms with Gasteiger partial charge in [-0.25, -0.2) is 4.79 Å². The van der Waals surface area contributed by atoms with E-state index in [0.717, 1.165) is 13.0 Å². The van der Waals surface area contributed by atoms with Crippen LogP contribution >= 0.6 is 0 Å². The van der Waals surface area contributed by atoms with Crippen molar-refractivity contribution in [3.05, 3.63) is 0 Å².